The molecule has 1 N–H and O–H groups in total. The third-order valence-electron chi connectivity index (χ3n) is 4.44. The molecule has 0 bridgehead atoms. The van der Waals surface area contributed by atoms with Gasteiger partial charge in [-0.1, -0.05) is 31.2 Å². The van der Waals surface area contributed by atoms with Crippen molar-refractivity contribution in [2.24, 2.45) is 0 Å². The van der Waals surface area contributed by atoms with Crippen LogP contribution in [0.15, 0.2) is 53.9 Å². The molecule has 0 atom stereocenters. The molecule has 1 amide bonds. The normalized spacial score (nSPS) is 10.5. The van der Waals surface area contributed by atoms with Gasteiger partial charge >= 0.3 is 5.97 Å². The van der Waals surface area contributed by atoms with E-state index in [1.165, 1.54) is 23.5 Å². The lowest BCUT2D eigenvalue weighted by atomic mass is 10.0. The molecule has 1 heterocycles. The first-order valence-electron chi connectivity index (χ1n) is 10.1. The molecule has 162 valence electrons. The Balaban J connectivity index is 1.83. The van der Waals surface area contributed by atoms with E-state index in [2.05, 4.69) is 5.32 Å². The zero-order valence-corrected chi connectivity index (χ0v) is 18.3. The first-order chi connectivity index (χ1) is 15.0. The Bertz CT molecular complexity index is 1030. The molecule has 0 aliphatic rings. The average Bonchev–Trinajstić information content (AvgIpc) is 3.18. The Hall–Kier alpha value is -3.19. The maximum atomic E-state index is 13.1. The van der Waals surface area contributed by atoms with Gasteiger partial charge in [-0.05, 0) is 48.7 Å². The number of rotatable bonds is 9. The van der Waals surface area contributed by atoms with Crippen LogP contribution in [0, 0.1) is 5.82 Å². The van der Waals surface area contributed by atoms with E-state index in [1.807, 2.05) is 36.6 Å². The van der Waals surface area contributed by atoms with E-state index in [-0.39, 0.29) is 24.8 Å². The number of amides is 1. The van der Waals surface area contributed by atoms with Gasteiger partial charge in [0.25, 0.3) is 0 Å². The van der Waals surface area contributed by atoms with Crippen LogP contribution in [0.5, 0.6) is 5.75 Å². The second-order valence-electron chi connectivity index (χ2n) is 6.80. The van der Waals surface area contributed by atoms with E-state index in [1.54, 1.807) is 19.1 Å². The molecule has 0 unspecified atom stereocenters. The Morgan fingerprint density at radius 2 is 1.74 bits per heavy atom. The number of thiophene rings is 1. The van der Waals surface area contributed by atoms with E-state index in [0.717, 1.165) is 17.7 Å². The van der Waals surface area contributed by atoms with Crippen molar-refractivity contribution in [2.75, 3.05) is 18.5 Å². The number of halogens is 1. The molecule has 0 radical (unpaired) electrons. The standard InChI is InChI=1S/C24H24FNO4S/c1-3-13-30-19-11-7-17(8-12-19)20-15-31-23(22(20)24(28)29-4-2)26-21(27)14-16-5-9-18(25)10-6-16/h5-12,15H,3-4,13-14H2,1-2H3,(H,26,27). The van der Waals surface area contributed by atoms with E-state index >= 15 is 0 Å². The van der Waals surface area contributed by atoms with E-state index in [9.17, 15) is 14.0 Å². The summed E-state index contributed by atoms with van der Waals surface area (Å²) in [6.45, 7) is 4.63. The Morgan fingerprint density at radius 1 is 1.03 bits per heavy atom. The molecule has 7 heteroatoms. The predicted octanol–water partition coefficient (Wildman–Crippen LogP) is 5.70. The Kier molecular flexibility index (Phi) is 7.78. The molecule has 0 saturated heterocycles. The molecular formula is C24H24FNO4S. The SMILES string of the molecule is CCCOc1ccc(-c2csc(NC(=O)Cc3ccc(F)cc3)c2C(=O)OCC)cc1. The van der Waals surface area contributed by atoms with E-state index in [4.69, 9.17) is 9.47 Å². The number of hydrogen-bond donors (Lipinski definition) is 1. The van der Waals surface area contributed by atoms with Crippen LogP contribution in [0.2, 0.25) is 0 Å². The third kappa shape index (κ3) is 5.92. The summed E-state index contributed by atoms with van der Waals surface area (Å²) >= 11 is 1.26. The smallest absolute Gasteiger partial charge is 0.341 e. The van der Waals surface area contributed by atoms with Crippen molar-refractivity contribution in [3.8, 4) is 16.9 Å². The predicted molar refractivity (Wildman–Crippen MR) is 120 cm³/mol. The van der Waals surface area contributed by atoms with Crippen LogP contribution in [-0.2, 0) is 16.0 Å². The van der Waals surface area contributed by atoms with Gasteiger partial charge in [0.05, 0.1) is 19.6 Å². The summed E-state index contributed by atoms with van der Waals surface area (Å²) < 4.78 is 23.9. The highest BCUT2D eigenvalue weighted by Crippen LogP contribution is 2.37. The van der Waals surface area contributed by atoms with Gasteiger partial charge in [-0.25, -0.2) is 9.18 Å². The summed E-state index contributed by atoms with van der Waals surface area (Å²) in [7, 11) is 0. The van der Waals surface area contributed by atoms with Gasteiger partial charge in [0, 0.05) is 10.9 Å². The number of anilines is 1. The van der Waals surface area contributed by atoms with Gasteiger partial charge in [0.1, 0.15) is 22.1 Å². The number of carbonyl (C=O) groups excluding carboxylic acids is 2. The maximum absolute atomic E-state index is 13.1. The molecule has 31 heavy (non-hydrogen) atoms. The van der Waals surface area contributed by atoms with Crippen molar-refractivity contribution in [1.29, 1.82) is 0 Å². The molecule has 0 aliphatic heterocycles. The summed E-state index contributed by atoms with van der Waals surface area (Å²) in [5.41, 5.74) is 2.50. The second kappa shape index (κ2) is 10.7. The van der Waals surface area contributed by atoms with Crippen LogP contribution < -0.4 is 10.1 Å². The van der Waals surface area contributed by atoms with E-state index < -0.39 is 5.97 Å². The number of esters is 1. The lowest BCUT2D eigenvalue weighted by Crippen LogP contribution is -2.16. The number of benzene rings is 2. The fraction of sp³-hybridized carbons (Fsp3) is 0.250. The van der Waals surface area contributed by atoms with Crippen molar-refractivity contribution in [2.45, 2.75) is 26.7 Å². The fourth-order valence-electron chi connectivity index (χ4n) is 2.98. The molecular weight excluding hydrogens is 417 g/mol. The molecule has 5 nitrogen and oxygen atoms in total. The van der Waals surface area contributed by atoms with Crippen molar-refractivity contribution < 1.29 is 23.5 Å². The molecule has 0 aliphatic carbocycles. The minimum atomic E-state index is -0.498. The number of carbonyl (C=O) groups is 2. The van der Waals surface area contributed by atoms with Crippen molar-refractivity contribution >= 4 is 28.2 Å². The number of ether oxygens (including phenoxy) is 2. The summed E-state index contributed by atoms with van der Waals surface area (Å²) in [5.74, 6) is -0.398. The lowest BCUT2D eigenvalue weighted by molar-refractivity contribution is -0.115. The third-order valence-corrected chi connectivity index (χ3v) is 5.34. The van der Waals surface area contributed by atoms with Gasteiger partial charge in [-0.3, -0.25) is 4.79 Å². The van der Waals surface area contributed by atoms with Crippen molar-refractivity contribution in [3.63, 3.8) is 0 Å². The Morgan fingerprint density at radius 3 is 2.39 bits per heavy atom. The van der Waals surface area contributed by atoms with Crippen LogP contribution in [0.4, 0.5) is 9.39 Å². The topological polar surface area (TPSA) is 64.6 Å². The van der Waals surface area contributed by atoms with Gasteiger partial charge in [0.15, 0.2) is 0 Å². The zero-order chi connectivity index (χ0) is 22.2. The highest BCUT2D eigenvalue weighted by atomic mass is 32.1. The largest absolute Gasteiger partial charge is 0.494 e. The molecule has 3 aromatic rings. The van der Waals surface area contributed by atoms with Crippen LogP contribution in [0.3, 0.4) is 0 Å². The minimum absolute atomic E-state index is 0.0687. The first-order valence-corrected chi connectivity index (χ1v) is 11.0. The highest BCUT2D eigenvalue weighted by molar-refractivity contribution is 7.15. The summed E-state index contributed by atoms with van der Waals surface area (Å²) in [6.07, 6.45) is 0.986. The highest BCUT2D eigenvalue weighted by Gasteiger charge is 2.23. The second-order valence-corrected chi connectivity index (χ2v) is 7.68. The van der Waals surface area contributed by atoms with E-state index in [0.29, 0.717) is 28.3 Å². The van der Waals surface area contributed by atoms with Crippen molar-refractivity contribution in [1.82, 2.24) is 0 Å². The summed E-state index contributed by atoms with van der Waals surface area (Å²) in [6, 6.07) is 13.2. The van der Waals surface area contributed by atoms with Crippen molar-refractivity contribution in [3.05, 3.63) is 70.9 Å². The molecule has 0 saturated carbocycles. The summed E-state index contributed by atoms with van der Waals surface area (Å²) in [5, 5.41) is 5.05. The molecule has 2 aromatic carbocycles. The first kappa shape index (κ1) is 22.5. The van der Waals surface area contributed by atoms with Gasteiger partial charge in [0.2, 0.25) is 5.91 Å². The van der Waals surface area contributed by atoms with Gasteiger partial charge in [-0.15, -0.1) is 11.3 Å². The number of hydrogen-bond acceptors (Lipinski definition) is 5. The Labute approximate surface area is 184 Å². The molecule has 0 fully saturated rings. The quantitative estimate of drug-likeness (QED) is 0.433. The summed E-state index contributed by atoms with van der Waals surface area (Å²) in [4.78, 5) is 25.2. The fourth-order valence-corrected chi connectivity index (χ4v) is 3.95. The van der Waals surface area contributed by atoms with Crippen LogP contribution in [0.1, 0.15) is 36.2 Å². The van der Waals surface area contributed by atoms with Gasteiger partial charge in [-0.2, -0.15) is 0 Å². The van der Waals surface area contributed by atoms with Crippen LogP contribution >= 0.6 is 11.3 Å². The zero-order valence-electron chi connectivity index (χ0n) is 17.4. The van der Waals surface area contributed by atoms with Crippen LogP contribution in [-0.4, -0.2) is 25.1 Å². The lowest BCUT2D eigenvalue weighted by Gasteiger charge is -2.10. The van der Waals surface area contributed by atoms with Gasteiger partial charge < -0.3 is 14.8 Å². The van der Waals surface area contributed by atoms with Crippen LogP contribution in [0.25, 0.3) is 11.1 Å². The molecule has 3 rings (SSSR count). The molecule has 0 spiro atoms. The minimum Gasteiger partial charge on any atom is -0.494 e. The monoisotopic (exact) mass is 441 g/mol. The molecule has 1 aromatic heterocycles. The number of nitrogens with one attached hydrogen (secondary N) is 1. The average molecular weight is 442 g/mol. The maximum Gasteiger partial charge on any atom is 0.341 e.